The lowest BCUT2D eigenvalue weighted by atomic mass is 10.1. The summed E-state index contributed by atoms with van der Waals surface area (Å²) in [5.41, 5.74) is 1.29. The van der Waals surface area contributed by atoms with Gasteiger partial charge in [-0.2, -0.15) is 0 Å². The molecule has 0 amide bonds. The summed E-state index contributed by atoms with van der Waals surface area (Å²) in [6, 6.07) is 8.86. The molecule has 0 bridgehead atoms. The Balaban J connectivity index is 1.71. The number of benzene rings is 1. The molecule has 140 valence electrons. The predicted molar refractivity (Wildman–Crippen MR) is 105 cm³/mol. The van der Waals surface area contributed by atoms with Crippen LogP contribution < -0.4 is 15.4 Å². The molecule has 25 heavy (non-hydrogen) atoms. The van der Waals surface area contributed by atoms with Gasteiger partial charge in [-0.3, -0.25) is 9.89 Å². The number of nitrogens with zero attached hydrogens (tertiary/aromatic N) is 2. The van der Waals surface area contributed by atoms with Crippen LogP contribution in [0.1, 0.15) is 32.3 Å². The number of methoxy groups -OCH3 is 1. The van der Waals surface area contributed by atoms with Crippen molar-refractivity contribution in [3.8, 4) is 5.75 Å². The molecule has 0 unspecified atom stereocenters. The van der Waals surface area contributed by atoms with Crippen molar-refractivity contribution in [2.75, 3.05) is 40.3 Å². The highest BCUT2D eigenvalue weighted by Crippen LogP contribution is 2.17. The first-order valence-electron chi connectivity index (χ1n) is 9.44. The quantitative estimate of drug-likeness (QED) is 0.561. The minimum absolute atomic E-state index is 0.627. The minimum atomic E-state index is 0.627. The predicted octanol–water partition coefficient (Wildman–Crippen LogP) is 2.52. The zero-order chi connectivity index (χ0) is 18.1. The van der Waals surface area contributed by atoms with Gasteiger partial charge in [-0.05, 0) is 49.4 Å². The lowest BCUT2D eigenvalue weighted by Crippen LogP contribution is -2.46. The van der Waals surface area contributed by atoms with Gasteiger partial charge in [0.05, 0.1) is 7.11 Å². The van der Waals surface area contributed by atoms with Crippen LogP contribution in [0.5, 0.6) is 5.75 Å². The first-order chi connectivity index (χ1) is 12.1. The molecule has 0 aliphatic carbocycles. The van der Waals surface area contributed by atoms with Crippen LogP contribution in [-0.4, -0.2) is 57.2 Å². The van der Waals surface area contributed by atoms with Gasteiger partial charge in [-0.15, -0.1) is 0 Å². The molecular formula is C20H34N4O. The highest BCUT2D eigenvalue weighted by atomic mass is 16.5. The number of guanidine groups is 1. The van der Waals surface area contributed by atoms with E-state index in [2.05, 4.69) is 46.5 Å². The zero-order valence-electron chi connectivity index (χ0n) is 16.2. The van der Waals surface area contributed by atoms with Gasteiger partial charge >= 0.3 is 0 Å². The molecule has 0 aromatic heterocycles. The Morgan fingerprint density at radius 2 is 2.04 bits per heavy atom. The minimum Gasteiger partial charge on any atom is -0.497 e. The third kappa shape index (κ3) is 6.58. The van der Waals surface area contributed by atoms with Crippen molar-refractivity contribution in [2.24, 2.45) is 10.9 Å². The van der Waals surface area contributed by atoms with E-state index < -0.39 is 0 Å². The molecule has 1 aliphatic heterocycles. The van der Waals surface area contributed by atoms with Gasteiger partial charge in [0.25, 0.3) is 0 Å². The van der Waals surface area contributed by atoms with Gasteiger partial charge in [0.1, 0.15) is 5.75 Å². The number of hydrogen-bond donors (Lipinski definition) is 2. The summed E-state index contributed by atoms with van der Waals surface area (Å²) in [5.74, 6) is 2.52. The van der Waals surface area contributed by atoms with Crippen LogP contribution in [0.25, 0.3) is 0 Å². The molecule has 1 aromatic rings. The fourth-order valence-corrected chi connectivity index (χ4v) is 3.39. The summed E-state index contributed by atoms with van der Waals surface area (Å²) in [7, 11) is 3.53. The molecule has 1 fully saturated rings. The first-order valence-corrected chi connectivity index (χ1v) is 9.44. The second kappa shape index (κ2) is 10.3. The van der Waals surface area contributed by atoms with Crippen molar-refractivity contribution in [1.29, 1.82) is 0 Å². The summed E-state index contributed by atoms with van der Waals surface area (Å²) in [4.78, 5) is 6.96. The molecule has 2 rings (SSSR count). The molecule has 1 saturated heterocycles. The average Bonchev–Trinajstić information content (AvgIpc) is 3.04. The molecule has 1 atom stereocenters. The molecule has 5 nitrogen and oxygen atoms in total. The maximum absolute atomic E-state index is 5.19. The molecule has 2 N–H and O–H groups in total. The van der Waals surface area contributed by atoms with Crippen LogP contribution in [0.3, 0.4) is 0 Å². The number of rotatable bonds is 8. The Morgan fingerprint density at radius 1 is 1.28 bits per heavy atom. The van der Waals surface area contributed by atoms with E-state index >= 15 is 0 Å². The van der Waals surface area contributed by atoms with Gasteiger partial charge in [0.2, 0.25) is 0 Å². The summed E-state index contributed by atoms with van der Waals surface area (Å²) >= 11 is 0. The second-order valence-electron chi connectivity index (χ2n) is 7.16. The molecule has 0 spiro atoms. The SMILES string of the molecule is CN=C(NCCc1ccc(OC)cc1)NC[C@H]1CCCN1CC(C)C. The Kier molecular flexibility index (Phi) is 8.06. The fraction of sp³-hybridized carbons (Fsp3) is 0.650. The summed E-state index contributed by atoms with van der Waals surface area (Å²) in [6.45, 7) is 8.84. The maximum atomic E-state index is 5.19. The number of ether oxygens (including phenoxy) is 1. The van der Waals surface area contributed by atoms with Gasteiger partial charge < -0.3 is 15.4 Å². The third-order valence-corrected chi connectivity index (χ3v) is 4.69. The Hall–Kier alpha value is -1.75. The van der Waals surface area contributed by atoms with Crippen LogP contribution in [-0.2, 0) is 6.42 Å². The normalized spacial score (nSPS) is 18.6. The zero-order valence-corrected chi connectivity index (χ0v) is 16.2. The Bertz CT molecular complexity index is 527. The lowest BCUT2D eigenvalue weighted by Gasteiger charge is -2.27. The van der Waals surface area contributed by atoms with Crippen LogP contribution in [0.4, 0.5) is 0 Å². The first kappa shape index (κ1) is 19.6. The molecule has 0 saturated carbocycles. The highest BCUT2D eigenvalue weighted by molar-refractivity contribution is 5.79. The van der Waals surface area contributed by atoms with E-state index in [4.69, 9.17) is 4.74 Å². The average molecular weight is 347 g/mol. The van der Waals surface area contributed by atoms with Crippen molar-refractivity contribution in [3.05, 3.63) is 29.8 Å². The van der Waals surface area contributed by atoms with Crippen molar-refractivity contribution in [3.63, 3.8) is 0 Å². The number of aliphatic imine (C=N–C) groups is 1. The largest absolute Gasteiger partial charge is 0.497 e. The molecule has 1 aromatic carbocycles. The topological polar surface area (TPSA) is 48.9 Å². The molecule has 0 radical (unpaired) electrons. The van der Waals surface area contributed by atoms with Crippen molar-refractivity contribution in [1.82, 2.24) is 15.5 Å². The van der Waals surface area contributed by atoms with E-state index in [1.54, 1.807) is 7.11 Å². The van der Waals surface area contributed by atoms with Crippen molar-refractivity contribution in [2.45, 2.75) is 39.2 Å². The van der Waals surface area contributed by atoms with Gasteiger partial charge in [-0.1, -0.05) is 26.0 Å². The Labute approximate surface area is 152 Å². The van der Waals surface area contributed by atoms with E-state index in [1.807, 2.05) is 19.2 Å². The molecule has 1 heterocycles. The monoisotopic (exact) mass is 346 g/mol. The standard InChI is InChI=1S/C20H34N4O/c1-16(2)15-24-13-5-6-18(24)14-23-20(21-3)22-12-11-17-7-9-19(25-4)10-8-17/h7-10,16,18H,5-6,11-15H2,1-4H3,(H2,21,22,23)/t18-/m1/s1. The van der Waals surface area contributed by atoms with Crippen LogP contribution >= 0.6 is 0 Å². The van der Waals surface area contributed by atoms with E-state index in [0.717, 1.165) is 37.1 Å². The number of likely N-dealkylation sites (tertiary alicyclic amines) is 1. The highest BCUT2D eigenvalue weighted by Gasteiger charge is 2.24. The van der Waals surface area contributed by atoms with Crippen LogP contribution in [0, 0.1) is 5.92 Å². The summed E-state index contributed by atoms with van der Waals surface area (Å²) in [5, 5.41) is 6.91. The van der Waals surface area contributed by atoms with Gasteiger partial charge in [-0.25, -0.2) is 0 Å². The van der Waals surface area contributed by atoms with E-state index in [1.165, 1.54) is 31.5 Å². The van der Waals surface area contributed by atoms with Crippen LogP contribution in [0.2, 0.25) is 0 Å². The third-order valence-electron chi connectivity index (χ3n) is 4.69. The number of hydrogen-bond acceptors (Lipinski definition) is 3. The lowest BCUT2D eigenvalue weighted by molar-refractivity contribution is 0.226. The smallest absolute Gasteiger partial charge is 0.191 e. The fourth-order valence-electron chi connectivity index (χ4n) is 3.39. The van der Waals surface area contributed by atoms with Crippen LogP contribution in [0.15, 0.2) is 29.3 Å². The van der Waals surface area contributed by atoms with E-state index in [-0.39, 0.29) is 0 Å². The summed E-state index contributed by atoms with van der Waals surface area (Å²) in [6.07, 6.45) is 3.55. The van der Waals surface area contributed by atoms with Gasteiger partial charge in [0, 0.05) is 32.7 Å². The molecular weight excluding hydrogens is 312 g/mol. The van der Waals surface area contributed by atoms with E-state index in [9.17, 15) is 0 Å². The molecule has 5 heteroatoms. The summed E-state index contributed by atoms with van der Waals surface area (Å²) < 4.78 is 5.19. The van der Waals surface area contributed by atoms with Gasteiger partial charge in [0.15, 0.2) is 5.96 Å². The molecule has 1 aliphatic rings. The van der Waals surface area contributed by atoms with Crippen molar-refractivity contribution < 1.29 is 4.74 Å². The van der Waals surface area contributed by atoms with E-state index in [0.29, 0.717) is 6.04 Å². The van der Waals surface area contributed by atoms with Crippen molar-refractivity contribution >= 4 is 5.96 Å². The maximum Gasteiger partial charge on any atom is 0.191 e. The number of nitrogens with one attached hydrogen (secondary N) is 2. The Morgan fingerprint density at radius 3 is 2.68 bits per heavy atom. The second-order valence-corrected chi connectivity index (χ2v) is 7.16.